The normalized spacial score (nSPS) is 12.6. The van der Waals surface area contributed by atoms with Gasteiger partial charge in [-0.1, -0.05) is 156 Å². The summed E-state index contributed by atoms with van der Waals surface area (Å²) in [6, 6.07) is 0. The number of hydrogen-bond acceptors (Lipinski definition) is 5. The van der Waals surface area contributed by atoms with Gasteiger partial charge in [-0.25, -0.2) is 0 Å². The van der Waals surface area contributed by atoms with Crippen LogP contribution in [0.3, 0.4) is 0 Å². The van der Waals surface area contributed by atoms with Gasteiger partial charge in [0.2, 0.25) is 0 Å². The number of carbonyl (C=O) groups is 3. The standard InChI is InChI=1S/C43H82O5/c1-5-9-13-23-31-39(29-11-7-3)37-47-42(45)35-27-21-17-15-19-25-33-41(44)34-26-20-16-18-22-28-36-43(46)48-38-40(30-12-8-4)32-24-14-10-6-2/h39-40H,5-38H2,1-4H3. The summed E-state index contributed by atoms with van der Waals surface area (Å²) in [5.74, 6) is 1.43. The maximum absolute atomic E-state index is 12.3. The lowest BCUT2D eigenvalue weighted by Gasteiger charge is -2.16. The minimum atomic E-state index is -0.0229. The van der Waals surface area contributed by atoms with Gasteiger partial charge in [-0.2, -0.15) is 0 Å². The van der Waals surface area contributed by atoms with Crippen LogP contribution < -0.4 is 0 Å². The summed E-state index contributed by atoms with van der Waals surface area (Å²) in [5, 5.41) is 0. The monoisotopic (exact) mass is 679 g/mol. The van der Waals surface area contributed by atoms with E-state index in [2.05, 4.69) is 27.7 Å². The molecule has 0 saturated carbocycles. The van der Waals surface area contributed by atoms with Crippen molar-refractivity contribution in [3.8, 4) is 0 Å². The highest BCUT2D eigenvalue weighted by Gasteiger charge is 2.13. The Balaban J connectivity index is 3.67. The first-order chi connectivity index (χ1) is 23.5. The lowest BCUT2D eigenvalue weighted by Crippen LogP contribution is -2.14. The van der Waals surface area contributed by atoms with Gasteiger partial charge in [0.1, 0.15) is 5.78 Å². The molecule has 0 spiro atoms. The third kappa shape index (κ3) is 33.1. The van der Waals surface area contributed by atoms with Crippen LogP contribution in [0.25, 0.3) is 0 Å². The molecular weight excluding hydrogens is 596 g/mol. The van der Waals surface area contributed by atoms with Crippen molar-refractivity contribution < 1.29 is 23.9 Å². The summed E-state index contributed by atoms with van der Waals surface area (Å²) in [7, 11) is 0. The first-order valence-electron chi connectivity index (χ1n) is 21.3. The van der Waals surface area contributed by atoms with Gasteiger partial charge in [0, 0.05) is 25.7 Å². The van der Waals surface area contributed by atoms with Gasteiger partial charge < -0.3 is 9.47 Å². The molecule has 284 valence electrons. The fourth-order valence-corrected chi connectivity index (χ4v) is 6.62. The Labute approximate surface area is 299 Å². The molecule has 0 heterocycles. The maximum atomic E-state index is 12.3. The van der Waals surface area contributed by atoms with Crippen molar-refractivity contribution in [3.05, 3.63) is 0 Å². The zero-order valence-electron chi connectivity index (χ0n) is 32.7. The van der Waals surface area contributed by atoms with Gasteiger partial charge in [-0.15, -0.1) is 0 Å². The van der Waals surface area contributed by atoms with E-state index in [9.17, 15) is 14.4 Å². The number of unbranched alkanes of at least 4 members (excludes halogenated alkanes) is 18. The first-order valence-corrected chi connectivity index (χ1v) is 21.3. The molecule has 0 bridgehead atoms. The second-order valence-corrected chi connectivity index (χ2v) is 14.9. The van der Waals surface area contributed by atoms with E-state index in [0.29, 0.717) is 56.5 Å². The number of carbonyl (C=O) groups excluding carboxylic acids is 3. The van der Waals surface area contributed by atoms with Crippen LogP contribution in [0.2, 0.25) is 0 Å². The molecule has 0 aromatic carbocycles. The summed E-state index contributed by atoms with van der Waals surface area (Å²) in [5.41, 5.74) is 0. The van der Waals surface area contributed by atoms with E-state index in [4.69, 9.17) is 9.47 Å². The molecule has 2 atom stereocenters. The smallest absolute Gasteiger partial charge is 0.305 e. The van der Waals surface area contributed by atoms with E-state index >= 15 is 0 Å². The van der Waals surface area contributed by atoms with Gasteiger partial charge in [0.15, 0.2) is 0 Å². The molecule has 5 heteroatoms. The highest BCUT2D eigenvalue weighted by atomic mass is 16.5. The Morgan fingerprint density at radius 2 is 0.646 bits per heavy atom. The Bertz CT molecular complexity index is 662. The number of ether oxygens (including phenoxy) is 2. The van der Waals surface area contributed by atoms with Gasteiger partial charge >= 0.3 is 11.9 Å². The van der Waals surface area contributed by atoms with Crippen LogP contribution in [0.5, 0.6) is 0 Å². The fourth-order valence-electron chi connectivity index (χ4n) is 6.62. The largest absolute Gasteiger partial charge is 0.465 e. The molecule has 5 nitrogen and oxygen atoms in total. The van der Waals surface area contributed by atoms with Gasteiger partial charge in [-0.3, -0.25) is 14.4 Å². The predicted octanol–water partition coefficient (Wildman–Crippen LogP) is 13.4. The zero-order valence-corrected chi connectivity index (χ0v) is 32.7. The lowest BCUT2D eigenvalue weighted by molar-refractivity contribution is -0.146. The molecule has 48 heavy (non-hydrogen) atoms. The molecular formula is C43H82O5. The third-order valence-corrected chi connectivity index (χ3v) is 10.00. The van der Waals surface area contributed by atoms with Crippen molar-refractivity contribution in [2.24, 2.45) is 11.8 Å². The predicted molar refractivity (Wildman–Crippen MR) is 204 cm³/mol. The van der Waals surface area contributed by atoms with E-state index in [1.165, 1.54) is 103 Å². The van der Waals surface area contributed by atoms with Crippen LogP contribution in [-0.4, -0.2) is 30.9 Å². The van der Waals surface area contributed by atoms with E-state index in [-0.39, 0.29) is 11.9 Å². The minimum Gasteiger partial charge on any atom is -0.465 e. The quantitative estimate of drug-likeness (QED) is 0.0480. The number of ketones is 1. The van der Waals surface area contributed by atoms with E-state index in [0.717, 1.165) is 77.0 Å². The van der Waals surface area contributed by atoms with E-state index in [1.54, 1.807) is 0 Å². The molecule has 0 aliphatic carbocycles. The Kier molecular flexibility index (Phi) is 35.8. The van der Waals surface area contributed by atoms with Crippen LogP contribution in [0, 0.1) is 11.8 Å². The number of esters is 2. The summed E-state index contributed by atoms with van der Waals surface area (Å²) >= 11 is 0. The van der Waals surface area contributed by atoms with Crippen LogP contribution in [0.4, 0.5) is 0 Å². The van der Waals surface area contributed by atoms with Gasteiger partial charge in [-0.05, 0) is 63.2 Å². The molecule has 0 aromatic heterocycles. The van der Waals surface area contributed by atoms with Crippen molar-refractivity contribution in [1.29, 1.82) is 0 Å². The average molecular weight is 679 g/mol. The SMILES string of the molecule is CCCCCCC(CCCC)COC(=O)CCCCCCCCC(=O)CCCCCCCCC(=O)OCC(CCCC)CCCCCC. The Morgan fingerprint density at radius 1 is 0.354 bits per heavy atom. The van der Waals surface area contributed by atoms with Crippen LogP contribution in [-0.2, 0) is 23.9 Å². The second kappa shape index (κ2) is 36.9. The molecule has 0 aromatic rings. The molecule has 0 amide bonds. The summed E-state index contributed by atoms with van der Waals surface area (Å²) in [6.45, 7) is 10.2. The average Bonchev–Trinajstić information content (AvgIpc) is 3.08. The van der Waals surface area contributed by atoms with Crippen LogP contribution >= 0.6 is 0 Å². The highest BCUT2D eigenvalue weighted by Crippen LogP contribution is 2.20. The molecule has 0 aliphatic rings. The van der Waals surface area contributed by atoms with E-state index in [1.807, 2.05) is 0 Å². The van der Waals surface area contributed by atoms with Crippen molar-refractivity contribution in [1.82, 2.24) is 0 Å². The summed E-state index contributed by atoms with van der Waals surface area (Å²) < 4.78 is 11.3. The third-order valence-electron chi connectivity index (χ3n) is 10.00. The van der Waals surface area contributed by atoms with Crippen molar-refractivity contribution in [2.75, 3.05) is 13.2 Å². The molecule has 0 saturated heterocycles. The van der Waals surface area contributed by atoms with E-state index < -0.39 is 0 Å². The topological polar surface area (TPSA) is 69.7 Å². The number of Topliss-reactive ketones (excluding diaryl/α,β-unsaturated/α-hetero) is 1. The molecule has 0 radical (unpaired) electrons. The van der Waals surface area contributed by atoms with Crippen molar-refractivity contribution in [3.63, 3.8) is 0 Å². The number of rotatable bonds is 38. The number of hydrogen-bond donors (Lipinski definition) is 0. The highest BCUT2D eigenvalue weighted by molar-refractivity contribution is 5.78. The first kappa shape index (κ1) is 46.6. The summed E-state index contributed by atoms with van der Waals surface area (Å²) in [4.78, 5) is 36.7. The maximum Gasteiger partial charge on any atom is 0.305 e. The molecule has 2 unspecified atom stereocenters. The lowest BCUT2D eigenvalue weighted by atomic mass is 9.96. The fraction of sp³-hybridized carbons (Fsp3) is 0.930. The van der Waals surface area contributed by atoms with Gasteiger partial charge in [0.25, 0.3) is 0 Å². The minimum absolute atomic E-state index is 0.0229. The molecule has 0 N–H and O–H groups in total. The Hall–Kier alpha value is -1.39. The van der Waals surface area contributed by atoms with Crippen molar-refractivity contribution in [2.45, 2.75) is 233 Å². The molecule has 0 fully saturated rings. The van der Waals surface area contributed by atoms with Crippen LogP contribution in [0.1, 0.15) is 233 Å². The molecule has 0 aliphatic heterocycles. The molecule has 0 rings (SSSR count). The Morgan fingerprint density at radius 3 is 1.00 bits per heavy atom. The second-order valence-electron chi connectivity index (χ2n) is 14.9. The van der Waals surface area contributed by atoms with Gasteiger partial charge in [0.05, 0.1) is 13.2 Å². The van der Waals surface area contributed by atoms with Crippen molar-refractivity contribution >= 4 is 17.7 Å². The zero-order chi connectivity index (χ0) is 35.3. The summed E-state index contributed by atoms with van der Waals surface area (Å²) in [6.07, 6.45) is 35.0. The van der Waals surface area contributed by atoms with Crippen LogP contribution in [0.15, 0.2) is 0 Å².